The standard InChI is InChI=1S/C7H5IN2/c1-5-6(3-9)2-7(8)4-10-5/h2,4H,1H3. The smallest absolute Gasteiger partial charge is 0.101 e. The van der Waals surface area contributed by atoms with Gasteiger partial charge in [0.05, 0.1) is 11.3 Å². The number of halogens is 1. The van der Waals surface area contributed by atoms with Gasteiger partial charge in [0.1, 0.15) is 6.07 Å². The van der Waals surface area contributed by atoms with Crippen LogP contribution in [0.25, 0.3) is 0 Å². The minimum atomic E-state index is 0.659. The molecule has 0 aromatic carbocycles. The second-order valence-electron chi connectivity index (χ2n) is 1.90. The number of nitrogens with zero attached hydrogens (tertiary/aromatic N) is 2. The van der Waals surface area contributed by atoms with Gasteiger partial charge >= 0.3 is 0 Å². The summed E-state index contributed by atoms with van der Waals surface area (Å²) in [5, 5.41) is 8.55. The first-order valence-electron chi connectivity index (χ1n) is 2.76. The molecule has 1 aromatic rings. The predicted molar refractivity (Wildman–Crippen MR) is 46.4 cm³/mol. The molecule has 0 radical (unpaired) electrons. The van der Waals surface area contributed by atoms with Crippen LogP contribution in [-0.4, -0.2) is 4.98 Å². The molecule has 2 nitrogen and oxygen atoms in total. The highest BCUT2D eigenvalue weighted by Gasteiger charge is 1.96. The Morgan fingerprint density at radius 2 is 2.40 bits per heavy atom. The summed E-state index contributed by atoms with van der Waals surface area (Å²) in [5.41, 5.74) is 1.45. The Balaban J connectivity index is 3.25. The van der Waals surface area contributed by atoms with E-state index in [2.05, 4.69) is 33.6 Å². The third kappa shape index (κ3) is 1.45. The summed E-state index contributed by atoms with van der Waals surface area (Å²) < 4.78 is 1.000. The Kier molecular flexibility index (Phi) is 2.22. The molecule has 0 atom stereocenters. The maximum Gasteiger partial charge on any atom is 0.101 e. The SMILES string of the molecule is Cc1ncc(I)cc1C#N. The first kappa shape index (κ1) is 7.48. The Morgan fingerprint density at radius 1 is 1.70 bits per heavy atom. The van der Waals surface area contributed by atoms with Crippen molar-refractivity contribution >= 4 is 22.6 Å². The lowest BCUT2D eigenvalue weighted by Crippen LogP contribution is -1.87. The van der Waals surface area contributed by atoms with Crippen molar-refractivity contribution in [2.24, 2.45) is 0 Å². The van der Waals surface area contributed by atoms with Gasteiger partial charge in [0.25, 0.3) is 0 Å². The number of aryl methyl sites for hydroxylation is 1. The van der Waals surface area contributed by atoms with Crippen molar-refractivity contribution in [3.05, 3.63) is 27.1 Å². The van der Waals surface area contributed by atoms with Crippen molar-refractivity contribution < 1.29 is 0 Å². The van der Waals surface area contributed by atoms with Crippen molar-refractivity contribution in [2.75, 3.05) is 0 Å². The van der Waals surface area contributed by atoms with Crippen molar-refractivity contribution in [3.63, 3.8) is 0 Å². The zero-order valence-electron chi connectivity index (χ0n) is 5.43. The van der Waals surface area contributed by atoms with E-state index in [-0.39, 0.29) is 0 Å². The first-order chi connectivity index (χ1) is 4.74. The van der Waals surface area contributed by atoms with Gasteiger partial charge in [-0.2, -0.15) is 5.26 Å². The van der Waals surface area contributed by atoms with E-state index in [0.717, 1.165) is 9.26 Å². The van der Waals surface area contributed by atoms with E-state index in [1.165, 1.54) is 0 Å². The summed E-state index contributed by atoms with van der Waals surface area (Å²) in [6.45, 7) is 1.83. The molecule has 1 rings (SSSR count). The molecule has 0 N–H and O–H groups in total. The van der Waals surface area contributed by atoms with E-state index in [4.69, 9.17) is 5.26 Å². The highest BCUT2D eigenvalue weighted by Crippen LogP contribution is 2.07. The topological polar surface area (TPSA) is 36.7 Å². The number of aromatic nitrogens is 1. The fourth-order valence-corrected chi connectivity index (χ4v) is 1.07. The summed E-state index contributed by atoms with van der Waals surface area (Å²) in [7, 11) is 0. The molecule has 0 bridgehead atoms. The Morgan fingerprint density at radius 3 is 2.90 bits per heavy atom. The first-order valence-corrected chi connectivity index (χ1v) is 3.84. The van der Waals surface area contributed by atoms with E-state index in [1.54, 1.807) is 6.20 Å². The number of pyridine rings is 1. The average Bonchev–Trinajstić information content (AvgIpc) is 1.94. The molecule has 0 spiro atoms. The van der Waals surface area contributed by atoms with E-state index >= 15 is 0 Å². The van der Waals surface area contributed by atoms with Crippen LogP contribution in [-0.2, 0) is 0 Å². The van der Waals surface area contributed by atoms with E-state index in [9.17, 15) is 0 Å². The lowest BCUT2D eigenvalue weighted by molar-refractivity contribution is 1.17. The van der Waals surface area contributed by atoms with Crippen molar-refractivity contribution in [2.45, 2.75) is 6.92 Å². The number of hydrogen-bond donors (Lipinski definition) is 0. The molecular formula is C7H5IN2. The van der Waals surface area contributed by atoms with Gasteiger partial charge in [-0.05, 0) is 35.6 Å². The number of hydrogen-bond acceptors (Lipinski definition) is 2. The van der Waals surface area contributed by atoms with E-state index in [0.29, 0.717) is 5.56 Å². The highest BCUT2D eigenvalue weighted by molar-refractivity contribution is 14.1. The normalized spacial score (nSPS) is 8.90. The zero-order valence-corrected chi connectivity index (χ0v) is 7.58. The molecule has 50 valence electrons. The van der Waals surface area contributed by atoms with E-state index < -0.39 is 0 Å². The summed E-state index contributed by atoms with van der Waals surface area (Å²) in [6, 6.07) is 3.89. The maximum absolute atomic E-state index is 8.55. The predicted octanol–water partition coefficient (Wildman–Crippen LogP) is 1.87. The zero-order chi connectivity index (χ0) is 7.56. The van der Waals surface area contributed by atoms with Crippen LogP contribution in [0.4, 0.5) is 0 Å². The summed E-state index contributed by atoms with van der Waals surface area (Å²) in [5.74, 6) is 0. The number of rotatable bonds is 0. The van der Waals surface area contributed by atoms with Gasteiger partial charge in [-0.25, -0.2) is 0 Å². The van der Waals surface area contributed by atoms with Crippen LogP contribution in [0.3, 0.4) is 0 Å². The molecule has 1 aromatic heterocycles. The van der Waals surface area contributed by atoms with Gasteiger partial charge in [-0.1, -0.05) is 0 Å². The summed E-state index contributed by atoms with van der Waals surface area (Å²) in [6.07, 6.45) is 1.75. The van der Waals surface area contributed by atoms with Crippen LogP contribution < -0.4 is 0 Å². The minimum Gasteiger partial charge on any atom is -0.259 e. The molecule has 1 heterocycles. The molecule has 0 aliphatic carbocycles. The lowest BCUT2D eigenvalue weighted by atomic mass is 10.2. The molecule has 0 aliphatic heterocycles. The average molecular weight is 244 g/mol. The molecule has 0 saturated heterocycles. The molecule has 0 saturated carbocycles. The van der Waals surface area contributed by atoms with Gasteiger partial charge in [0.15, 0.2) is 0 Å². The Hall–Kier alpha value is -0.630. The molecular weight excluding hydrogens is 239 g/mol. The quantitative estimate of drug-likeness (QED) is 0.653. The summed E-state index contributed by atoms with van der Waals surface area (Å²) in [4.78, 5) is 4.02. The summed E-state index contributed by atoms with van der Waals surface area (Å²) >= 11 is 2.13. The molecule has 10 heavy (non-hydrogen) atoms. The Bertz CT molecular complexity index is 288. The molecule has 3 heteroatoms. The monoisotopic (exact) mass is 244 g/mol. The second-order valence-corrected chi connectivity index (χ2v) is 3.14. The van der Waals surface area contributed by atoms with Gasteiger partial charge in [0, 0.05) is 9.77 Å². The van der Waals surface area contributed by atoms with Gasteiger partial charge in [0.2, 0.25) is 0 Å². The van der Waals surface area contributed by atoms with Crippen molar-refractivity contribution in [1.29, 1.82) is 5.26 Å². The molecule has 0 aliphatic rings. The van der Waals surface area contributed by atoms with Crippen molar-refractivity contribution in [1.82, 2.24) is 4.98 Å². The van der Waals surface area contributed by atoms with Crippen LogP contribution in [0.5, 0.6) is 0 Å². The third-order valence-electron chi connectivity index (χ3n) is 1.17. The lowest BCUT2D eigenvalue weighted by Gasteiger charge is -1.94. The van der Waals surface area contributed by atoms with Crippen LogP contribution in [0, 0.1) is 21.8 Å². The number of nitriles is 1. The Labute approximate surface area is 73.0 Å². The fourth-order valence-electron chi connectivity index (χ4n) is 0.621. The third-order valence-corrected chi connectivity index (χ3v) is 1.76. The second kappa shape index (κ2) is 2.97. The van der Waals surface area contributed by atoms with E-state index in [1.807, 2.05) is 13.0 Å². The van der Waals surface area contributed by atoms with Crippen LogP contribution in [0.15, 0.2) is 12.3 Å². The highest BCUT2D eigenvalue weighted by atomic mass is 127. The van der Waals surface area contributed by atoms with Crippen LogP contribution >= 0.6 is 22.6 Å². The van der Waals surface area contributed by atoms with Crippen molar-refractivity contribution in [3.8, 4) is 6.07 Å². The molecule has 0 fully saturated rings. The van der Waals surface area contributed by atoms with Gasteiger partial charge < -0.3 is 0 Å². The minimum absolute atomic E-state index is 0.659. The molecule has 0 amide bonds. The van der Waals surface area contributed by atoms with Crippen LogP contribution in [0.2, 0.25) is 0 Å². The van der Waals surface area contributed by atoms with Gasteiger partial charge in [-0.15, -0.1) is 0 Å². The molecule has 0 unspecified atom stereocenters. The largest absolute Gasteiger partial charge is 0.259 e. The van der Waals surface area contributed by atoms with Crippen LogP contribution in [0.1, 0.15) is 11.3 Å². The fraction of sp³-hybridized carbons (Fsp3) is 0.143. The maximum atomic E-state index is 8.55. The van der Waals surface area contributed by atoms with Gasteiger partial charge in [-0.3, -0.25) is 4.98 Å².